The maximum Gasteiger partial charge on any atom is 0.352 e. The van der Waals surface area contributed by atoms with E-state index in [9.17, 15) is 4.79 Å². The van der Waals surface area contributed by atoms with Crippen LogP contribution in [0.15, 0.2) is 0 Å². The van der Waals surface area contributed by atoms with Crippen LogP contribution < -0.4 is 0 Å². The Labute approximate surface area is 76.8 Å². The van der Waals surface area contributed by atoms with Gasteiger partial charge in [0.15, 0.2) is 0 Å². The molecular weight excluding hydrogens is 166 g/mol. The molecule has 3 heteroatoms. The van der Waals surface area contributed by atoms with Crippen molar-refractivity contribution in [3.63, 3.8) is 0 Å². The van der Waals surface area contributed by atoms with Crippen molar-refractivity contribution in [3.05, 3.63) is 22.5 Å². The van der Waals surface area contributed by atoms with E-state index in [2.05, 4.69) is 4.98 Å². The summed E-state index contributed by atoms with van der Waals surface area (Å²) >= 11 is 0. The van der Waals surface area contributed by atoms with Crippen LogP contribution in [0.1, 0.15) is 40.2 Å². The average molecular weight is 179 g/mol. The molecule has 1 aliphatic rings. The second-order valence-electron chi connectivity index (χ2n) is 3.59. The molecule has 3 nitrogen and oxygen atoms in total. The summed E-state index contributed by atoms with van der Waals surface area (Å²) in [6.07, 6.45) is 4.39. The van der Waals surface area contributed by atoms with Crippen LogP contribution in [-0.4, -0.2) is 16.1 Å². The molecule has 0 radical (unpaired) electrons. The minimum Gasteiger partial charge on any atom is -0.477 e. The topological polar surface area (TPSA) is 53.1 Å². The molecule has 1 aliphatic carbocycles. The molecule has 0 atom stereocenters. The first-order chi connectivity index (χ1) is 6.20. The summed E-state index contributed by atoms with van der Waals surface area (Å²) in [7, 11) is 0. The van der Waals surface area contributed by atoms with E-state index in [0.29, 0.717) is 5.69 Å². The molecule has 70 valence electrons. The number of hydrogen-bond donors (Lipinski definition) is 2. The van der Waals surface area contributed by atoms with Crippen molar-refractivity contribution in [2.24, 2.45) is 0 Å². The van der Waals surface area contributed by atoms with Crippen LogP contribution in [0.2, 0.25) is 0 Å². The smallest absolute Gasteiger partial charge is 0.352 e. The summed E-state index contributed by atoms with van der Waals surface area (Å²) in [5.74, 6) is -0.841. The summed E-state index contributed by atoms with van der Waals surface area (Å²) in [5, 5.41) is 8.88. The molecule has 0 bridgehead atoms. The summed E-state index contributed by atoms with van der Waals surface area (Å²) in [6, 6.07) is 0. The van der Waals surface area contributed by atoms with Gasteiger partial charge in [-0.25, -0.2) is 4.79 Å². The van der Waals surface area contributed by atoms with Crippen molar-refractivity contribution < 1.29 is 9.90 Å². The molecule has 0 aromatic carbocycles. The van der Waals surface area contributed by atoms with Crippen molar-refractivity contribution in [2.45, 2.75) is 32.6 Å². The number of aromatic amines is 1. The van der Waals surface area contributed by atoms with E-state index >= 15 is 0 Å². The molecule has 1 aromatic heterocycles. The molecule has 1 heterocycles. The van der Waals surface area contributed by atoms with E-state index in [-0.39, 0.29) is 0 Å². The molecule has 0 spiro atoms. The Hall–Kier alpha value is -1.25. The highest BCUT2D eigenvalue weighted by Gasteiger charge is 2.20. The molecule has 13 heavy (non-hydrogen) atoms. The van der Waals surface area contributed by atoms with Gasteiger partial charge >= 0.3 is 5.97 Å². The van der Waals surface area contributed by atoms with Crippen LogP contribution in [0, 0.1) is 6.92 Å². The molecule has 1 aromatic rings. The third-order valence-corrected chi connectivity index (χ3v) is 2.79. The van der Waals surface area contributed by atoms with E-state index in [4.69, 9.17) is 5.11 Å². The number of H-pyrrole nitrogens is 1. The van der Waals surface area contributed by atoms with Gasteiger partial charge < -0.3 is 10.1 Å². The number of rotatable bonds is 1. The summed E-state index contributed by atoms with van der Waals surface area (Å²) in [5.41, 5.74) is 3.69. The maximum absolute atomic E-state index is 10.8. The molecule has 0 amide bonds. The SMILES string of the molecule is Cc1c(C(=O)O)[nH]c2c1CCCC2. The number of nitrogens with one attached hydrogen (secondary N) is 1. The first kappa shape index (κ1) is 8.35. The molecule has 0 saturated heterocycles. The van der Waals surface area contributed by atoms with E-state index in [1.165, 1.54) is 18.4 Å². The minimum atomic E-state index is -0.841. The third-order valence-electron chi connectivity index (χ3n) is 2.79. The number of aromatic carboxylic acids is 1. The molecule has 2 N–H and O–H groups in total. The fraction of sp³-hybridized carbons (Fsp3) is 0.500. The fourth-order valence-corrected chi connectivity index (χ4v) is 2.07. The first-order valence-corrected chi connectivity index (χ1v) is 4.63. The van der Waals surface area contributed by atoms with Gasteiger partial charge in [0.05, 0.1) is 0 Å². The van der Waals surface area contributed by atoms with Crippen molar-refractivity contribution in [2.75, 3.05) is 0 Å². The van der Waals surface area contributed by atoms with Gasteiger partial charge in [-0.15, -0.1) is 0 Å². The van der Waals surface area contributed by atoms with Gasteiger partial charge in [0, 0.05) is 5.69 Å². The Morgan fingerprint density at radius 1 is 1.38 bits per heavy atom. The van der Waals surface area contributed by atoms with Crippen molar-refractivity contribution in [3.8, 4) is 0 Å². The van der Waals surface area contributed by atoms with Crippen LogP contribution in [0.5, 0.6) is 0 Å². The second-order valence-corrected chi connectivity index (χ2v) is 3.59. The lowest BCUT2D eigenvalue weighted by Crippen LogP contribution is -2.00. The lowest BCUT2D eigenvalue weighted by atomic mass is 9.95. The third kappa shape index (κ3) is 1.24. The van der Waals surface area contributed by atoms with Crippen molar-refractivity contribution in [1.82, 2.24) is 4.98 Å². The van der Waals surface area contributed by atoms with Gasteiger partial charge in [-0.2, -0.15) is 0 Å². The largest absolute Gasteiger partial charge is 0.477 e. The maximum atomic E-state index is 10.8. The van der Waals surface area contributed by atoms with Gasteiger partial charge in [0.25, 0.3) is 0 Å². The standard InChI is InChI=1S/C10H13NO2/c1-6-7-4-2-3-5-8(7)11-9(6)10(12)13/h11H,2-5H2,1H3,(H,12,13). The quantitative estimate of drug-likeness (QED) is 0.691. The van der Waals surface area contributed by atoms with Crippen molar-refractivity contribution in [1.29, 1.82) is 0 Å². The summed E-state index contributed by atoms with van der Waals surface area (Å²) in [6.45, 7) is 1.89. The highest BCUT2D eigenvalue weighted by Crippen LogP contribution is 2.26. The summed E-state index contributed by atoms with van der Waals surface area (Å²) in [4.78, 5) is 13.8. The van der Waals surface area contributed by atoms with Crippen LogP contribution in [0.4, 0.5) is 0 Å². The van der Waals surface area contributed by atoms with Crippen LogP contribution in [-0.2, 0) is 12.8 Å². The number of hydrogen-bond acceptors (Lipinski definition) is 1. The Kier molecular flexibility index (Phi) is 1.87. The zero-order valence-corrected chi connectivity index (χ0v) is 7.68. The molecular formula is C10H13NO2. The highest BCUT2D eigenvalue weighted by molar-refractivity contribution is 5.88. The zero-order chi connectivity index (χ0) is 9.42. The molecule has 0 unspecified atom stereocenters. The number of aryl methyl sites for hydroxylation is 1. The predicted octanol–water partition coefficient (Wildman–Crippen LogP) is 1.90. The molecule has 0 saturated carbocycles. The summed E-state index contributed by atoms with van der Waals surface area (Å²) < 4.78 is 0. The van der Waals surface area contributed by atoms with Crippen LogP contribution in [0.25, 0.3) is 0 Å². The van der Waals surface area contributed by atoms with E-state index < -0.39 is 5.97 Å². The number of fused-ring (bicyclic) bond motifs is 1. The Morgan fingerprint density at radius 3 is 2.69 bits per heavy atom. The van der Waals surface area contributed by atoms with E-state index in [1.807, 2.05) is 6.92 Å². The Morgan fingerprint density at radius 2 is 2.08 bits per heavy atom. The van der Waals surface area contributed by atoms with Gasteiger partial charge in [-0.3, -0.25) is 0 Å². The fourth-order valence-electron chi connectivity index (χ4n) is 2.07. The molecule has 0 aliphatic heterocycles. The van der Waals surface area contributed by atoms with Gasteiger partial charge in [0.1, 0.15) is 5.69 Å². The second kappa shape index (κ2) is 2.91. The Balaban J connectivity index is 2.50. The lowest BCUT2D eigenvalue weighted by Gasteiger charge is -2.10. The number of aromatic nitrogens is 1. The van der Waals surface area contributed by atoms with Crippen LogP contribution >= 0.6 is 0 Å². The zero-order valence-electron chi connectivity index (χ0n) is 7.68. The van der Waals surface area contributed by atoms with E-state index in [0.717, 1.165) is 24.1 Å². The van der Waals surface area contributed by atoms with E-state index in [1.54, 1.807) is 0 Å². The first-order valence-electron chi connectivity index (χ1n) is 4.63. The molecule has 0 fully saturated rings. The van der Waals surface area contributed by atoms with Gasteiger partial charge in [-0.05, 0) is 43.7 Å². The number of carbonyl (C=O) groups is 1. The monoisotopic (exact) mass is 179 g/mol. The normalized spacial score (nSPS) is 15.5. The highest BCUT2D eigenvalue weighted by atomic mass is 16.4. The van der Waals surface area contributed by atoms with Crippen LogP contribution in [0.3, 0.4) is 0 Å². The predicted molar refractivity (Wildman–Crippen MR) is 49.1 cm³/mol. The molecule has 2 rings (SSSR count). The number of carboxylic acid groups (broad SMARTS) is 1. The lowest BCUT2D eigenvalue weighted by molar-refractivity contribution is 0.0690. The average Bonchev–Trinajstić information content (AvgIpc) is 2.45. The number of carboxylic acids is 1. The van der Waals surface area contributed by atoms with Crippen molar-refractivity contribution >= 4 is 5.97 Å². The van der Waals surface area contributed by atoms with Gasteiger partial charge in [-0.1, -0.05) is 0 Å². The Bertz CT molecular complexity index is 352. The van der Waals surface area contributed by atoms with Gasteiger partial charge in [0.2, 0.25) is 0 Å². The minimum absolute atomic E-state index is 0.381.